The Labute approximate surface area is 132 Å². The number of carbonyl (C=O) groups is 2. The van der Waals surface area contributed by atoms with Crippen LogP contribution in [-0.4, -0.2) is 30.8 Å². The van der Waals surface area contributed by atoms with Gasteiger partial charge in [0.2, 0.25) is 0 Å². The van der Waals surface area contributed by atoms with Crippen LogP contribution in [0.5, 0.6) is 5.75 Å². The van der Waals surface area contributed by atoms with Gasteiger partial charge in [0, 0.05) is 23.1 Å². The molecule has 0 fully saturated rings. The van der Waals surface area contributed by atoms with E-state index in [1.807, 2.05) is 0 Å². The number of benzene rings is 1. The molecule has 0 aliphatic carbocycles. The minimum Gasteiger partial charge on any atom is -0.491 e. The largest absolute Gasteiger partial charge is 0.491 e. The third-order valence-electron chi connectivity index (χ3n) is 2.44. The lowest BCUT2D eigenvalue weighted by Gasteiger charge is -2.11. The second-order valence-electron chi connectivity index (χ2n) is 4.01. The van der Waals surface area contributed by atoms with Gasteiger partial charge in [0.15, 0.2) is 0 Å². The first-order chi connectivity index (χ1) is 9.93. The number of carboxylic acids is 1. The summed E-state index contributed by atoms with van der Waals surface area (Å²) in [6, 6.07) is 3.04. The molecule has 0 aromatic heterocycles. The number of aliphatic carboxylic acids is 1. The van der Waals surface area contributed by atoms with Crippen molar-refractivity contribution in [2.45, 2.75) is 12.8 Å². The second kappa shape index (κ2) is 8.54. The Kier molecular flexibility index (Phi) is 7.05. The van der Waals surface area contributed by atoms with E-state index in [0.29, 0.717) is 22.8 Å². The van der Waals surface area contributed by atoms with Crippen LogP contribution in [-0.2, 0) is 14.3 Å². The lowest BCUT2D eigenvalue weighted by molar-refractivity contribution is -0.140. The second-order valence-corrected chi connectivity index (χ2v) is 4.85. The van der Waals surface area contributed by atoms with Gasteiger partial charge in [-0.1, -0.05) is 23.2 Å². The molecule has 1 aromatic carbocycles. The summed E-state index contributed by atoms with van der Waals surface area (Å²) in [5, 5.41) is 9.30. The van der Waals surface area contributed by atoms with E-state index >= 15 is 0 Å². The molecule has 7 heteroatoms. The van der Waals surface area contributed by atoms with Gasteiger partial charge in [-0.05, 0) is 24.6 Å². The molecular formula is C14H14Cl2O5. The summed E-state index contributed by atoms with van der Waals surface area (Å²) in [7, 11) is 1.31. The Bertz CT molecular complexity index is 555. The molecule has 0 saturated heterocycles. The monoisotopic (exact) mass is 332 g/mol. The quantitative estimate of drug-likeness (QED) is 0.470. The number of methoxy groups -OCH3 is 1. The van der Waals surface area contributed by atoms with E-state index in [-0.39, 0.29) is 24.0 Å². The van der Waals surface area contributed by atoms with Gasteiger partial charge in [0.1, 0.15) is 5.75 Å². The fourth-order valence-corrected chi connectivity index (χ4v) is 2.07. The number of esters is 1. The first-order valence-corrected chi connectivity index (χ1v) is 6.79. The molecule has 1 aromatic rings. The Hall–Kier alpha value is -1.72. The van der Waals surface area contributed by atoms with Gasteiger partial charge >= 0.3 is 11.9 Å². The van der Waals surface area contributed by atoms with Crippen molar-refractivity contribution in [1.82, 2.24) is 0 Å². The maximum Gasteiger partial charge on any atom is 0.328 e. The highest BCUT2D eigenvalue weighted by atomic mass is 35.5. The predicted octanol–water partition coefficient (Wildman–Crippen LogP) is 3.42. The van der Waals surface area contributed by atoms with Crippen LogP contribution >= 0.6 is 23.2 Å². The van der Waals surface area contributed by atoms with E-state index in [0.717, 1.165) is 6.08 Å². The maximum atomic E-state index is 11.0. The smallest absolute Gasteiger partial charge is 0.328 e. The number of carbonyl (C=O) groups excluding carboxylic acids is 1. The molecule has 114 valence electrons. The van der Waals surface area contributed by atoms with Crippen molar-refractivity contribution < 1.29 is 24.2 Å². The van der Waals surface area contributed by atoms with Crippen molar-refractivity contribution in [3.63, 3.8) is 0 Å². The van der Waals surface area contributed by atoms with Gasteiger partial charge in [-0.3, -0.25) is 4.79 Å². The molecule has 0 bridgehead atoms. The van der Waals surface area contributed by atoms with Crippen molar-refractivity contribution in [1.29, 1.82) is 0 Å². The summed E-state index contributed by atoms with van der Waals surface area (Å²) in [4.78, 5) is 21.6. The van der Waals surface area contributed by atoms with E-state index in [1.54, 1.807) is 6.07 Å². The molecule has 0 atom stereocenters. The Morgan fingerprint density at radius 2 is 2.05 bits per heavy atom. The summed E-state index contributed by atoms with van der Waals surface area (Å²) in [6.07, 6.45) is 2.98. The van der Waals surface area contributed by atoms with Gasteiger partial charge in [0.25, 0.3) is 0 Å². The lowest BCUT2D eigenvalue weighted by atomic mass is 10.2. The fraction of sp³-hybridized carbons (Fsp3) is 0.286. The topological polar surface area (TPSA) is 72.8 Å². The summed E-state index contributed by atoms with van der Waals surface area (Å²) in [5.74, 6) is -1.10. The maximum absolute atomic E-state index is 11.0. The molecule has 0 radical (unpaired) electrons. The highest BCUT2D eigenvalue weighted by Gasteiger charge is 2.10. The van der Waals surface area contributed by atoms with Crippen molar-refractivity contribution in [2.24, 2.45) is 0 Å². The van der Waals surface area contributed by atoms with Crippen LogP contribution in [0.2, 0.25) is 10.0 Å². The van der Waals surface area contributed by atoms with Gasteiger partial charge in [-0.15, -0.1) is 0 Å². The molecule has 5 nitrogen and oxygen atoms in total. The molecule has 21 heavy (non-hydrogen) atoms. The molecule has 0 unspecified atom stereocenters. The van der Waals surface area contributed by atoms with Crippen LogP contribution < -0.4 is 4.74 Å². The van der Waals surface area contributed by atoms with Crippen molar-refractivity contribution in [3.05, 3.63) is 33.8 Å². The average Bonchev–Trinajstić information content (AvgIpc) is 2.42. The normalized spacial score (nSPS) is 10.6. The zero-order valence-electron chi connectivity index (χ0n) is 11.3. The average molecular weight is 333 g/mol. The van der Waals surface area contributed by atoms with Gasteiger partial charge in [-0.25, -0.2) is 4.79 Å². The van der Waals surface area contributed by atoms with Crippen LogP contribution in [0.4, 0.5) is 0 Å². The van der Waals surface area contributed by atoms with Crippen LogP contribution in [0, 0.1) is 0 Å². The number of carboxylic acid groups (broad SMARTS) is 1. The zero-order chi connectivity index (χ0) is 15.8. The van der Waals surface area contributed by atoms with Gasteiger partial charge < -0.3 is 14.6 Å². The van der Waals surface area contributed by atoms with Crippen LogP contribution in [0.1, 0.15) is 18.4 Å². The summed E-state index contributed by atoms with van der Waals surface area (Å²) in [6.45, 7) is 0.240. The predicted molar refractivity (Wildman–Crippen MR) is 79.9 cm³/mol. The van der Waals surface area contributed by atoms with E-state index in [2.05, 4.69) is 4.74 Å². The zero-order valence-corrected chi connectivity index (χ0v) is 12.8. The number of hydrogen-bond donors (Lipinski definition) is 1. The van der Waals surface area contributed by atoms with Crippen LogP contribution in [0.15, 0.2) is 18.2 Å². The number of hydrogen-bond acceptors (Lipinski definition) is 4. The Morgan fingerprint density at radius 3 is 2.67 bits per heavy atom. The first-order valence-electron chi connectivity index (χ1n) is 6.03. The number of ether oxygens (including phenoxy) is 2. The van der Waals surface area contributed by atoms with Gasteiger partial charge in [0.05, 0.1) is 18.7 Å². The number of rotatable bonds is 7. The molecular weight excluding hydrogens is 319 g/mol. The summed E-state index contributed by atoms with van der Waals surface area (Å²) in [5.41, 5.74) is 0.452. The van der Waals surface area contributed by atoms with Crippen molar-refractivity contribution >= 4 is 41.2 Å². The van der Waals surface area contributed by atoms with Crippen molar-refractivity contribution in [2.75, 3.05) is 13.7 Å². The molecule has 0 saturated carbocycles. The lowest BCUT2D eigenvalue weighted by Crippen LogP contribution is -2.05. The molecule has 0 heterocycles. The first kappa shape index (κ1) is 17.3. The van der Waals surface area contributed by atoms with Crippen molar-refractivity contribution in [3.8, 4) is 5.75 Å². The highest BCUT2D eigenvalue weighted by Crippen LogP contribution is 2.33. The minimum atomic E-state index is -1.09. The third-order valence-corrected chi connectivity index (χ3v) is 2.94. The van der Waals surface area contributed by atoms with E-state index in [1.165, 1.54) is 19.3 Å². The fourth-order valence-electron chi connectivity index (χ4n) is 1.51. The van der Waals surface area contributed by atoms with E-state index in [4.69, 9.17) is 33.0 Å². The van der Waals surface area contributed by atoms with E-state index < -0.39 is 5.97 Å². The SMILES string of the molecule is COC(=O)CCCOc1c(Cl)cc(Cl)cc1/C=C/C(=O)O. The Morgan fingerprint density at radius 1 is 1.33 bits per heavy atom. The molecule has 0 aliphatic heterocycles. The third kappa shape index (κ3) is 6.06. The molecule has 0 amide bonds. The molecule has 1 rings (SSSR count). The Balaban J connectivity index is 2.79. The van der Waals surface area contributed by atoms with Crippen LogP contribution in [0.3, 0.4) is 0 Å². The van der Waals surface area contributed by atoms with E-state index in [9.17, 15) is 9.59 Å². The number of halogens is 2. The molecule has 0 spiro atoms. The standard InChI is InChI=1S/C14H14Cl2O5/c1-20-13(19)3-2-6-21-14-9(4-5-12(17)18)7-10(15)8-11(14)16/h4-5,7-8H,2-3,6H2,1H3,(H,17,18)/b5-4+. The van der Waals surface area contributed by atoms with Gasteiger partial charge in [-0.2, -0.15) is 0 Å². The molecule has 0 aliphatic rings. The van der Waals surface area contributed by atoms with Crippen LogP contribution in [0.25, 0.3) is 6.08 Å². The molecule has 1 N–H and O–H groups in total. The summed E-state index contributed by atoms with van der Waals surface area (Å²) < 4.78 is 10.0. The highest BCUT2D eigenvalue weighted by molar-refractivity contribution is 6.35. The minimum absolute atomic E-state index is 0.224. The summed E-state index contributed by atoms with van der Waals surface area (Å²) >= 11 is 11.9.